The zero-order valence-corrected chi connectivity index (χ0v) is 6.02. The fourth-order valence-corrected chi connectivity index (χ4v) is 0.332. The van der Waals surface area contributed by atoms with Crippen LogP contribution in [0.2, 0.25) is 0 Å². The van der Waals surface area contributed by atoms with Crippen LogP contribution in [0.15, 0.2) is 9.98 Å². The minimum absolute atomic E-state index is 0.640. The number of nitrogens with zero attached hydrogens (tertiary/aromatic N) is 2. The highest BCUT2D eigenvalue weighted by Crippen LogP contribution is 1.74. The van der Waals surface area contributed by atoms with Gasteiger partial charge in [0.15, 0.2) is 0 Å². The average molecular weight is 127 g/mol. The van der Waals surface area contributed by atoms with E-state index in [1.54, 1.807) is 0 Å². The van der Waals surface area contributed by atoms with E-state index in [-0.39, 0.29) is 0 Å². The van der Waals surface area contributed by atoms with Gasteiger partial charge < -0.3 is 0 Å². The largest absolute Gasteiger partial charge is 0.299 e. The summed E-state index contributed by atoms with van der Waals surface area (Å²) in [5.74, 6) is 0.732. The minimum atomic E-state index is 0.640. The Bertz CT molecular complexity index is 107. The van der Waals surface area contributed by atoms with Gasteiger partial charge in [0, 0.05) is 0 Å². The third kappa shape index (κ3) is 5.17. The van der Waals surface area contributed by atoms with Gasteiger partial charge in [-0.2, -0.15) is 0 Å². The predicted octanol–water partition coefficient (Wildman–Crippen LogP) is 0.672. The first-order valence-electron chi connectivity index (χ1n) is 2.99. The maximum absolute atomic E-state index is 4.01. The second-order valence-electron chi connectivity index (χ2n) is 1.63. The molecular formula is C6H13N3. The molecule has 0 aromatic heterocycles. The second kappa shape index (κ2) is 5.44. The smallest absolute Gasteiger partial charge is 0.120 e. The van der Waals surface area contributed by atoms with E-state index in [0.717, 1.165) is 12.4 Å². The lowest BCUT2D eigenvalue weighted by Crippen LogP contribution is -2.12. The predicted molar refractivity (Wildman–Crippen MR) is 41.2 cm³/mol. The van der Waals surface area contributed by atoms with Crippen LogP contribution in [-0.2, 0) is 0 Å². The summed E-state index contributed by atoms with van der Waals surface area (Å²) in [7, 11) is 0. The summed E-state index contributed by atoms with van der Waals surface area (Å²) in [5, 5.41) is 3.04. The molecule has 0 heterocycles. The van der Waals surface area contributed by atoms with Gasteiger partial charge in [0.1, 0.15) is 5.84 Å². The van der Waals surface area contributed by atoms with Gasteiger partial charge in [-0.3, -0.25) is 10.3 Å². The van der Waals surface area contributed by atoms with Crippen LogP contribution in [0.1, 0.15) is 13.8 Å². The maximum atomic E-state index is 4.01. The van der Waals surface area contributed by atoms with Crippen LogP contribution in [0.3, 0.4) is 0 Å². The molecule has 3 nitrogen and oxygen atoms in total. The number of rotatable bonds is 3. The van der Waals surface area contributed by atoms with Crippen molar-refractivity contribution in [2.24, 2.45) is 9.98 Å². The summed E-state index contributed by atoms with van der Waals surface area (Å²) >= 11 is 0. The highest BCUT2D eigenvalue weighted by molar-refractivity contribution is 5.83. The van der Waals surface area contributed by atoms with Crippen molar-refractivity contribution < 1.29 is 0 Å². The minimum Gasteiger partial charge on any atom is -0.299 e. The van der Waals surface area contributed by atoms with Crippen molar-refractivity contribution in [2.45, 2.75) is 13.8 Å². The fourth-order valence-electron chi connectivity index (χ4n) is 0.332. The summed E-state index contributed by atoms with van der Waals surface area (Å²) < 4.78 is 0. The van der Waals surface area contributed by atoms with Gasteiger partial charge in [-0.1, -0.05) is 6.92 Å². The Balaban J connectivity index is 3.31. The van der Waals surface area contributed by atoms with E-state index in [4.69, 9.17) is 0 Å². The molecule has 0 aliphatic rings. The third-order valence-corrected chi connectivity index (χ3v) is 0.899. The molecule has 9 heavy (non-hydrogen) atoms. The van der Waals surface area contributed by atoms with Crippen LogP contribution in [0.5, 0.6) is 0 Å². The van der Waals surface area contributed by atoms with Crippen LogP contribution in [0.4, 0.5) is 0 Å². The van der Waals surface area contributed by atoms with E-state index in [1.165, 1.54) is 0 Å². The number of amidine groups is 1. The summed E-state index contributed by atoms with van der Waals surface area (Å²) in [4.78, 5) is 7.63. The Hall–Kier alpha value is -0.700. The third-order valence-electron chi connectivity index (χ3n) is 0.899. The Morgan fingerprint density at radius 3 is 2.78 bits per heavy atom. The monoisotopic (exact) mass is 127 g/mol. The first kappa shape index (κ1) is 8.30. The summed E-state index contributed by atoms with van der Waals surface area (Å²) in [6.07, 6.45) is 0. The Kier molecular flexibility index (Phi) is 5.01. The highest BCUT2D eigenvalue weighted by Gasteiger charge is 1.79. The summed E-state index contributed by atoms with van der Waals surface area (Å²) in [5.41, 5.74) is 0. The van der Waals surface area contributed by atoms with Gasteiger partial charge in [-0.25, -0.2) is 4.99 Å². The lowest BCUT2D eigenvalue weighted by atomic mass is 10.7. The number of aliphatic imine (C=N–C) groups is 2. The van der Waals surface area contributed by atoms with Gasteiger partial charge in [0.2, 0.25) is 0 Å². The molecule has 0 aromatic rings. The molecule has 0 radical (unpaired) electrons. The molecule has 1 N–H and O–H groups in total. The molecule has 0 rings (SSSR count). The molecule has 0 fully saturated rings. The van der Waals surface area contributed by atoms with Gasteiger partial charge in [0.05, 0.1) is 6.67 Å². The summed E-state index contributed by atoms with van der Waals surface area (Å²) in [6, 6.07) is 0. The van der Waals surface area contributed by atoms with E-state index in [1.807, 2.05) is 13.8 Å². The topological polar surface area (TPSA) is 36.8 Å². The van der Waals surface area contributed by atoms with Crippen molar-refractivity contribution in [3.05, 3.63) is 0 Å². The summed E-state index contributed by atoms with van der Waals surface area (Å²) in [6.45, 7) is 8.77. The molecule has 52 valence electrons. The van der Waals surface area contributed by atoms with Crippen LogP contribution in [-0.4, -0.2) is 25.8 Å². The lowest BCUT2D eigenvalue weighted by molar-refractivity contribution is 0.743. The van der Waals surface area contributed by atoms with Crippen molar-refractivity contribution >= 4 is 12.6 Å². The van der Waals surface area contributed by atoms with Crippen LogP contribution in [0, 0.1) is 0 Å². The van der Waals surface area contributed by atoms with Crippen molar-refractivity contribution in [1.82, 2.24) is 5.32 Å². The zero-order valence-electron chi connectivity index (χ0n) is 6.02. The molecule has 0 bridgehead atoms. The molecular weight excluding hydrogens is 114 g/mol. The molecule has 0 aliphatic carbocycles. The number of hydrogen-bond donors (Lipinski definition) is 1. The molecule has 0 atom stereocenters. The second-order valence-corrected chi connectivity index (χ2v) is 1.63. The molecule has 0 saturated heterocycles. The van der Waals surface area contributed by atoms with E-state index < -0.39 is 0 Å². The SMILES string of the molecule is C=NC(C)=NCNCC. The lowest BCUT2D eigenvalue weighted by Gasteiger charge is -1.93. The van der Waals surface area contributed by atoms with E-state index in [9.17, 15) is 0 Å². The normalized spacial score (nSPS) is 11.6. The maximum Gasteiger partial charge on any atom is 0.120 e. The molecule has 3 heteroatoms. The first-order chi connectivity index (χ1) is 4.31. The van der Waals surface area contributed by atoms with E-state index >= 15 is 0 Å². The van der Waals surface area contributed by atoms with Crippen molar-refractivity contribution in [3.8, 4) is 0 Å². The van der Waals surface area contributed by atoms with E-state index in [0.29, 0.717) is 6.67 Å². The highest BCUT2D eigenvalue weighted by atomic mass is 15.0. The van der Waals surface area contributed by atoms with Crippen LogP contribution < -0.4 is 5.32 Å². The van der Waals surface area contributed by atoms with Crippen molar-refractivity contribution in [3.63, 3.8) is 0 Å². The van der Waals surface area contributed by atoms with Crippen molar-refractivity contribution in [2.75, 3.05) is 13.2 Å². The molecule has 0 aromatic carbocycles. The van der Waals surface area contributed by atoms with Gasteiger partial charge in [-0.05, 0) is 20.2 Å². The van der Waals surface area contributed by atoms with Gasteiger partial charge in [0.25, 0.3) is 0 Å². The molecule has 0 amide bonds. The Morgan fingerprint density at radius 1 is 1.67 bits per heavy atom. The Morgan fingerprint density at radius 2 is 2.33 bits per heavy atom. The molecule has 0 saturated carbocycles. The number of hydrogen-bond acceptors (Lipinski definition) is 2. The van der Waals surface area contributed by atoms with E-state index in [2.05, 4.69) is 22.0 Å². The zero-order chi connectivity index (χ0) is 7.11. The van der Waals surface area contributed by atoms with Crippen LogP contribution >= 0.6 is 0 Å². The molecule has 0 aliphatic heterocycles. The molecule has 0 unspecified atom stereocenters. The average Bonchev–Trinajstić information content (AvgIpc) is 1.89. The van der Waals surface area contributed by atoms with Gasteiger partial charge >= 0.3 is 0 Å². The van der Waals surface area contributed by atoms with Crippen LogP contribution in [0.25, 0.3) is 0 Å². The Labute approximate surface area is 55.9 Å². The molecule has 0 spiro atoms. The van der Waals surface area contributed by atoms with Crippen molar-refractivity contribution in [1.29, 1.82) is 0 Å². The van der Waals surface area contributed by atoms with Gasteiger partial charge in [-0.15, -0.1) is 0 Å². The standard InChI is InChI=1S/C6H13N3/c1-4-8-5-9-6(2)7-3/h8H,3-5H2,1-2H3. The fraction of sp³-hybridized carbons (Fsp3) is 0.667. The quantitative estimate of drug-likeness (QED) is 0.338. The first-order valence-corrected chi connectivity index (χ1v) is 2.99. The number of nitrogens with one attached hydrogen (secondary N) is 1.